The number of hydrogen-bond acceptors (Lipinski definition) is 8. The van der Waals surface area contributed by atoms with Crippen molar-refractivity contribution in [2.45, 2.75) is 43.2 Å². The number of rotatable bonds is 11. The fraction of sp³-hybridized carbons (Fsp3) is 0.387. The number of sulfonamides is 1. The first kappa shape index (κ1) is 29.7. The lowest BCUT2D eigenvalue weighted by Gasteiger charge is -2.30. The maximum Gasteiger partial charge on any atom is 0.506 e. The van der Waals surface area contributed by atoms with Gasteiger partial charge in [-0.1, -0.05) is 42.8 Å². The van der Waals surface area contributed by atoms with Crippen LogP contribution < -0.4 is 14.2 Å². The van der Waals surface area contributed by atoms with Gasteiger partial charge in [0.05, 0.1) is 18.0 Å². The summed E-state index contributed by atoms with van der Waals surface area (Å²) in [5.74, 6) is 1.56. The van der Waals surface area contributed by atoms with Crippen molar-refractivity contribution in [3.8, 4) is 17.2 Å². The molecule has 1 saturated heterocycles. The molecule has 2 heterocycles. The summed E-state index contributed by atoms with van der Waals surface area (Å²) in [5.41, 5.74) is 2.67. The minimum atomic E-state index is -3.73. The zero-order valence-corrected chi connectivity index (χ0v) is 24.7. The monoisotopic (exact) mass is 596 g/mol. The van der Waals surface area contributed by atoms with Crippen LogP contribution >= 0.6 is 0 Å². The van der Waals surface area contributed by atoms with Crippen LogP contribution in [0.3, 0.4) is 0 Å². The van der Waals surface area contributed by atoms with Gasteiger partial charge in [0.2, 0.25) is 16.8 Å². The van der Waals surface area contributed by atoms with Crippen LogP contribution in [0.2, 0.25) is 0 Å². The quantitative estimate of drug-likeness (QED) is 0.304. The summed E-state index contributed by atoms with van der Waals surface area (Å²) in [5, 5.41) is 9.77. The van der Waals surface area contributed by atoms with Crippen molar-refractivity contribution in [3.05, 3.63) is 83.4 Å². The summed E-state index contributed by atoms with van der Waals surface area (Å²) < 4.78 is 50.8. The van der Waals surface area contributed by atoms with E-state index in [0.29, 0.717) is 43.3 Å². The van der Waals surface area contributed by atoms with Crippen LogP contribution in [-0.2, 0) is 14.8 Å². The van der Waals surface area contributed by atoms with Crippen LogP contribution in [0.25, 0.3) is 0 Å². The average Bonchev–Trinajstić information content (AvgIpc) is 3.59. The number of benzene rings is 3. The zero-order valence-electron chi connectivity index (χ0n) is 23.9. The Labute approximate surface area is 246 Å². The van der Waals surface area contributed by atoms with Crippen LogP contribution in [0.4, 0.5) is 4.79 Å². The van der Waals surface area contributed by atoms with Gasteiger partial charge >= 0.3 is 6.16 Å². The second-order valence-electron chi connectivity index (χ2n) is 10.5. The molecule has 3 atom stereocenters. The van der Waals surface area contributed by atoms with Gasteiger partial charge in [0.15, 0.2) is 11.5 Å². The lowest BCUT2D eigenvalue weighted by Crippen LogP contribution is -2.40. The number of likely N-dealkylation sites (tertiary alicyclic amines) is 1. The first-order chi connectivity index (χ1) is 20.2. The molecule has 0 bridgehead atoms. The van der Waals surface area contributed by atoms with Gasteiger partial charge < -0.3 is 24.1 Å². The highest BCUT2D eigenvalue weighted by Gasteiger charge is 2.46. The normalized spacial score (nSPS) is 20.1. The second kappa shape index (κ2) is 12.6. The minimum Gasteiger partial charge on any atom is -0.497 e. The molecule has 0 radical (unpaired) electrons. The Hall–Kier alpha value is -3.80. The van der Waals surface area contributed by atoms with E-state index in [1.54, 1.807) is 31.4 Å². The van der Waals surface area contributed by atoms with Crippen molar-refractivity contribution in [1.29, 1.82) is 0 Å². The number of ether oxygens (including phenoxy) is 4. The van der Waals surface area contributed by atoms with Crippen molar-refractivity contribution in [2.75, 3.05) is 40.1 Å². The average molecular weight is 597 g/mol. The molecule has 42 heavy (non-hydrogen) atoms. The van der Waals surface area contributed by atoms with Crippen LogP contribution in [0.1, 0.15) is 42.0 Å². The standard InChI is InChI=1S/C31H36N2O8S/c1-4-15-33(42(36,37)25-12-5-21(2)6-13-25)17-16-32-19-26(23-9-14-27-28(18-23)40-20-39-27)30(41-31(34)35)29(32)22-7-10-24(38-3)11-8-22/h5-14,18,26,29-30H,4,15-17,19-20H2,1-3H3,(H,34,35)/t26-,29-,30+/m1/s1. The van der Waals surface area contributed by atoms with E-state index in [4.69, 9.17) is 18.9 Å². The molecule has 0 aromatic heterocycles. The summed E-state index contributed by atoms with van der Waals surface area (Å²) >= 11 is 0. The number of methoxy groups -OCH3 is 1. The van der Waals surface area contributed by atoms with Gasteiger partial charge in [-0.2, -0.15) is 4.31 Å². The lowest BCUT2D eigenvalue weighted by molar-refractivity contribution is 0.0283. The predicted octanol–water partition coefficient (Wildman–Crippen LogP) is 5.04. The van der Waals surface area contributed by atoms with E-state index in [0.717, 1.165) is 16.7 Å². The number of nitrogens with zero attached hydrogens (tertiary/aromatic N) is 2. The molecule has 0 saturated carbocycles. The van der Waals surface area contributed by atoms with E-state index >= 15 is 0 Å². The third kappa shape index (κ3) is 6.18. The highest BCUT2D eigenvalue weighted by molar-refractivity contribution is 7.89. The molecule has 2 aliphatic rings. The van der Waals surface area contributed by atoms with E-state index in [9.17, 15) is 18.3 Å². The Kier molecular flexibility index (Phi) is 8.91. The van der Waals surface area contributed by atoms with E-state index in [1.165, 1.54) is 4.31 Å². The molecule has 1 fully saturated rings. The molecule has 0 aliphatic carbocycles. The molecule has 0 unspecified atom stereocenters. The molecule has 224 valence electrons. The van der Waals surface area contributed by atoms with Crippen molar-refractivity contribution in [3.63, 3.8) is 0 Å². The van der Waals surface area contributed by atoms with Gasteiger partial charge in [-0.15, -0.1) is 0 Å². The molecule has 3 aromatic carbocycles. The number of carboxylic acid groups (broad SMARTS) is 1. The number of hydrogen-bond donors (Lipinski definition) is 1. The van der Waals surface area contributed by atoms with Crippen LogP contribution in [-0.4, -0.2) is 75.1 Å². The van der Waals surface area contributed by atoms with Gasteiger partial charge in [0.1, 0.15) is 11.9 Å². The topological polar surface area (TPSA) is 115 Å². The molecule has 11 heteroatoms. The Bertz CT molecular complexity index is 1490. The van der Waals surface area contributed by atoms with Crippen LogP contribution in [0.15, 0.2) is 71.6 Å². The maximum atomic E-state index is 13.6. The first-order valence-corrected chi connectivity index (χ1v) is 15.4. The van der Waals surface area contributed by atoms with Gasteiger partial charge in [-0.25, -0.2) is 13.2 Å². The number of carbonyl (C=O) groups is 1. The lowest BCUT2D eigenvalue weighted by atomic mass is 9.90. The van der Waals surface area contributed by atoms with Gasteiger partial charge in [0.25, 0.3) is 0 Å². The first-order valence-electron chi connectivity index (χ1n) is 13.9. The molecule has 0 amide bonds. The van der Waals surface area contributed by atoms with Crippen LogP contribution in [0.5, 0.6) is 17.2 Å². The largest absolute Gasteiger partial charge is 0.506 e. The van der Waals surface area contributed by atoms with E-state index < -0.39 is 28.3 Å². The summed E-state index contributed by atoms with van der Waals surface area (Å²) in [6, 6.07) is 19.4. The highest BCUT2D eigenvalue weighted by atomic mass is 32.2. The second-order valence-corrected chi connectivity index (χ2v) is 12.4. The zero-order chi connectivity index (χ0) is 29.9. The summed E-state index contributed by atoms with van der Waals surface area (Å²) in [4.78, 5) is 14.3. The Balaban J connectivity index is 1.48. The molecule has 3 aromatic rings. The summed E-state index contributed by atoms with van der Waals surface area (Å²) in [7, 11) is -2.15. The SMILES string of the molecule is CCCN(CCN1C[C@H](c2ccc3c(c2)OCO3)[C@H](OC(=O)O)[C@H]1c1ccc(OC)cc1)S(=O)(=O)c1ccc(C)cc1. The predicted molar refractivity (Wildman–Crippen MR) is 156 cm³/mol. The number of aryl methyl sites for hydroxylation is 1. The Morgan fingerprint density at radius 1 is 1.00 bits per heavy atom. The molecule has 1 N–H and O–H groups in total. The van der Waals surface area contributed by atoms with E-state index in [2.05, 4.69) is 4.90 Å². The van der Waals surface area contributed by atoms with Gasteiger partial charge in [0, 0.05) is 32.1 Å². The van der Waals surface area contributed by atoms with Gasteiger partial charge in [-0.3, -0.25) is 4.90 Å². The van der Waals surface area contributed by atoms with Gasteiger partial charge in [-0.05, 0) is 60.9 Å². The van der Waals surface area contributed by atoms with Crippen molar-refractivity contribution < 1.29 is 37.3 Å². The molecule has 2 aliphatic heterocycles. The third-order valence-corrected chi connectivity index (χ3v) is 9.73. The molecular weight excluding hydrogens is 560 g/mol. The summed E-state index contributed by atoms with van der Waals surface area (Å²) in [6.07, 6.45) is -1.48. The van der Waals surface area contributed by atoms with Crippen molar-refractivity contribution >= 4 is 16.2 Å². The molecule has 0 spiro atoms. The Morgan fingerprint density at radius 3 is 2.36 bits per heavy atom. The molecule has 5 rings (SSSR count). The van der Waals surface area contributed by atoms with E-state index in [-0.39, 0.29) is 24.2 Å². The third-order valence-electron chi connectivity index (χ3n) is 7.82. The highest BCUT2D eigenvalue weighted by Crippen LogP contribution is 2.45. The maximum absolute atomic E-state index is 13.6. The van der Waals surface area contributed by atoms with Crippen molar-refractivity contribution in [1.82, 2.24) is 9.21 Å². The van der Waals surface area contributed by atoms with E-state index in [1.807, 2.05) is 56.3 Å². The fourth-order valence-corrected chi connectivity index (χ4v) is 7.26. The Morgan fingerprint density at radius 2 is 1.69 bits per heavy atom. The molecule has 10 nitrogen and oxygen atoms in total. The number of fused-ring (bicyclic) bond motifs is 1. The van der Waals surface area contributed by atoms with Crippen molar-refractivity contribution in [2.24, 2.45) is 0 Å². The fourth-order valence-electron chi connectivity index (χ4n) is 5.73. The van der Waals surface area contributed by atoms with Crippen LogP contribution in [0, 0.1) is 6.92 Å². The molecular formula is C31H36N2O8S. The smallest absolute Gasteiger partial charge is 0.497 e. The summed E-state index contributed by atoms with van der Waals surface area (Å²) in [6.45, 7) is 5.38. The minimum absolute atomic E-state index is 0.127.